The van der Waals surface area contributed by atoms with E-state index < -0.39 is 0 Å². The normalized spacial score (nSPS) is 13.7. The minimum Gasteiger partial charge on any atom is -0.454 e. The minimum atomic E-state index is -0.321. The molecule has 1 aromatic heterocycles. The number of rotatable bonds is 3. The second kappa shape index (κ2) is 5.85. The standard InChI is InChI=1S/C19H16N2O3/c1-12(13-6-7-17-18(8-13)24-11-23-17)19(22)21-16-10-20-9-14-4-2-3-5-15(14)16/h2-10,12H,11H2,1H3,(H,21,22). The zero-order valence-electron chi connectivity index (χ0n) is 13.2. The second-order valence-electron chi connectivity index (χ2n) is 5.73. The van der Waals surface area contributed by atoms with E-state index in [1.54, 1.807) is 12.4 Å². The topological polar surface area (TPSA) is 60.5 Å². The third-order valence-corrected chi connectivity index (χ3v) is 4.22. The largest absolute Gasteiger partial charge is 0.454 e. The van der Waals surface area contributed by atoms with Crippen LogP contribution in [0.25, 0.3) is 10.8 Å². The number of fused-ring (bicyclic) bond motifs is 2. The van der Waals surface area contributed by atoms with E-state index in [0.29, 0.717) is 17.2 Å². The number of ether oxygens (including phenoxy) is 2. The number of nitrogens with one attached hydrogen (secondary N) is 1. The van der Waals surface area contributed by atoms with Crippen molar-refractivity contribution >= 4 is 22.4 Å². The first-order chi connectivity index (χ1) is 11.7. The molecule has 2 heterocycles. The lowest BCUT2D eigenvalue weighted by Crippen LogP contribution is -2.19. The number of hydrogen-bond donors (Lipinski definition) is 1. The summed E-state index contributed by atoms with van der Waals surface area (Å²) in [6.45, 7) is 2.09. The number of anilines is 1. The molecule has 0 spiro atoms. The number of benzene rings is 2. The molecule has 1 N–H and O–H groups in total. The van der Waals surface area contributed by atoms with E-state index in [1.165, 1.54) is 0 Å². The van der Waals surface area contributed by atoms with Gasteiger partial charge in [0.2, 0.25) is 12.7 Å². The van der Waals surface area contributed by atoms with E-state index in [0.717, 1.165) is 16.3 Å². The van der Waals surface area contributed by atoms with E-state index in [9.17, 15) is 4.79 Å². The van der Waals surface area contributed by atoms with Crippen molar-refractivity contribution < 1.29 is 14.3 Å². The summed E-state index contributed by atoms with van der Waals surface area (Å²) in [5.74, 6) is 0.981. The van der Waals surface area contributed by atoms with Crippen LogP contribution < -0.4 is 14.8 Å². The predicted molar refractivity (Wildman–Crippen MR) is 91.4 cm³/mol. The third-order valence-electron chi connectivity index (χ3n) is 4.22. The Balaban J connectivity index is 1.59. The molecule has 1 unspecified atom stereocenters. The highest BCUT2D eigenvalue weighted by Crippen LogP contribution is 2.35. The highest BCUT2D eigenvalue weighted by Gasteiger charge is 2.20. The number of aromatic nitrogens is 1. The van der Waals surface area contributed by atoms with E-state index in [2.05, 4.69) is 10.3 Å². The van der Waals surface area contributed by atoms with Gasteiger partial charge < -0.3 is 14.8 Å². The van der Waals surface area contributed by atoms with Crippen molar-refractivity contribution in [2.45, 2.75) is 12.8 Å². The van der Waals surface area contributed by atoms with Crippen LogP contribution in [0.3, 0.4) is 0 Å². The second-order valence-corrected chi connectivity index (χ2v) is 5.73. The molecule has 24 heavy (non-hydrogen) atoms. The Morgan fingerprint density at radius 3 is 2.88 bits per heavy atom. The monoisotopic (exact) mass is 320 g/mol. The average molecular weight is 320 g/mol. The first kappa shape index (κ1) is 14.5. The first-order valence-corrected chi connectivity index (χ1v) is 7.75. The van der Waals surface area contributed by atoms with Crippen LogP contribution in [0, 0.1) is 0 Å². The van der Waals surface area contributed by atoms with Crippen LogP contribution in [0.2, 0.25) is 0 Å². The van der Waals surface area contributed by atoms with Gasteiger partial charge in [0, 0.05) is 17.0 Å². The number of pyridine rings is 1. The number of hydrogen-bond acceptors (Lipinski definition) is 4. The van der Waals surface area contributed by atoms with Gasteiger partial charge in [-0.1, -0.05) is 30.3 Å². The van der Waals surface area contributed by atoms with Crippen molar-refractivity contribution in [3.05, 3.63) is 60.4 Å². The average Bonchev–Trinajstić information content (AvgIpc) is 3.09. The molecule has 5 heteroatoms. The van der Waals surface area contributed by atoms with E-state index in [-0.39, 0.29) is 18.6 Å². The highest BCUT2D eigenvalue weighted by atomic mass is 16.7. The van der Waals surface area contributed by atoms with Gasteiger partial charge in [-0.3, -0.25) is 9.78 Å². The summed E-state index contributed by atoms with van der Waals surface area (Å²) in [4.78, 5) is 16.8. The van der Waals surface area contributed by atoms with E-state index in [1.807, 2.05) is 49.4 Å². The highest BCUT2D eigenvalue weighted by molar-refractivity contribution is 6.03. The molecule has 0 radical (unpaired) electrons. The molecule has 0 saturated carbocycles. The maximum atomic E-state index is 12.6. The fourth-order valence-corrected chi connectivity index (χ4v) is 2.79. The zero-order valence-corrected chi connectivity index (χ0v) is 13.2. The summed E-state index contributed by atoms with van der Waals surface area (Å²) in [6, 6.07) is 13.4. The van der Waals surface area contributed by atoms with Gasteiger partial charge in [0.15, 0.2) is 11.5 Å². The molecule has 1 aliphatic heterocycles. The lowest BCUT2D eigenvalue weighted by molar-refractivity contribution is -0.117. The summed E-state index contributed by atoms with van der Waals surface area (Å²) in [6.07, 6.45) is 3.46. The van der Waals surface area contributed by atoms with Gasteiger partial charge >= 0.3 is 0 Å². The molecular formula is C19H16N2O3. The molecule has 5 nitrogen and oxygen atoms in total. The zero-order chi connectivity index (χ0) is 16.5. The molecule has 1 aliphatic rings. The first-order valence-electron chi connectivity index (χ1n) is 7.75. The molecule has 2 aromatic carbocycles. The summed E-state index contributed by atoms with van der Waals surface area (Å²) >= 11 is 0. The molecule has 0 aliphatic carbocycles. The van der Waals surface area contributed by atoms with Crippen LogP contribution >= 0.6 is 0 Å². The van der Waals surface area contributed by atoms with Crippen molar-refractivity contribution in [2.24, 2.45) is 0 Å². The van der Waals surface area contributed by atoms with Crippen molar-refractivity contribution in [2.75, 3.05) is 12.1 Å². The van der Waals surface area contributed by atoms with Crippen LogP contribution in [0.4, 0.5) is 5.69 Å². The summed E-state index contributed by atoms with van der Waals surface area (Å²) in [5.41, 5.74) is 1.59. The van der Waals surface area contributed by atoms with Crippen LogP contribution in [-0.4, -0.2) is 17.7 Å². The van der Waals surface area contributed by atoms with Crippen molar-refractivity contribution in [1.82, 2.24) is 4.98 Å². The molecule has 4 rings (SSSR count). The molecule has 1 atom stereocenters. The number of carbonyl (C=O) groups is 1. The van der Waals surface area contributed by atoms with Crippen molar-refractivity contribution in [1.29, 1.82) is 0 Å². The molecule has 3 aromatic rings. The maximum absolute atomic E-state index is 12.6. The Hall–Kier alpha value is -3.08. The Morgan fingerprint density at radius 1 is 1.12 bits per heavy atom. The van der Waals surface area contributed by atoms with Crippen LogP contribution in [0.1, 0.15) is 18.4 Å². The van der Waals surface area contributed by atoms with Crippen molar-refractivity contribution in [3.8, 4) is 11.5 Å². The van der Waals surface area contributed by atoms with Gasteiger partial charge in [-0.2, -0.15) is 0 Å². The SMILES string of the molecule is CC(C(=O)Nc1cncc2ccccc12)c1ccc2c(c1)OCO2. The third kappa shape index (κ3) is 2.54. The van der Waals surface area contributed by atoms with Gasteiger partial charge in [-0.25, -0.2) is 0 Å². The van der Waals surface area contributed by atoms with E-state index >= 15 is 0 Å². The van der Waals surface area contributed by atoms with Crippen LogP contribution in [0.15, 0.2) is 54.9 Å². The fraction of sp³-hybridized carbons (Fsp3) is 0.158. The van der Waals surface area contributed by atoms with Gasteiger partial charge in [0.1, 0.15) is 0 Å². The Labute approximate surface area is 139 Å². The summed E-state index contributed by atoms with van der Waals surface area (Å²) in [7, 11) is 0. The molecule has 120 valence electrons. The Bertz CT molecular complexity index is 918. The summed E-state index contributed by atoms with van der Waals surface area (Å²) < 4.78 is 10.7. The van der Waals surface area contributed by atoms with E-state index in [4.69, 9.17) is 9.47 Å². The lowest BCUT2D eigenvalue weighted by atomic mass is 9.99. The molecule has 0 fully saturated rings. The van der Waals surface area contributed by atoms with Crippen LogP contribution in [0.5, 0.6) is 11.5 Å². The summed E-state index contributed by atoms with van der Waals surface area (Å²) in [5, 5.41) is 4.94. The fourth-order valence-electron chi connectivity index (χ4n) is 2.79. The molecule has 0 saturated heterocycles. The number of amides is 1. The molecule has 1 amide bonds. The Morgan fingerprint density at radius 2 is 1.96 bits per heavy atom. The lowest BCUT2D eigenvalue weighted by Gasteiger charge is -2.14. The van der Waals surface area contributed by atoms with Gasteiger partial charge in [-0.05, 0) is 24.6 Å². The van der Waals surface area contributed by atoms with Gasteiger partial charge in [0.25, 0.3) is 0 Å². The maximum Gasteiger partial charge on any atom is 0.231 e. The van der Waals surface area contributed by atoms with Gasteiger partial charge in [-0.15, -0.1) is 0 Å². The number of nitrogens with zero attached hydrogens (tertiary/aromatic N) is 1. The molecule has 0 bridgehead atoms. The molecular weight excluding hydrogens is 304 g/mol. The Kier molecular flexibility index (Phi) is 3.54. The number of carbonyl (C=O) groups excluding carboxylic acids is 1. The quantitative estimate of drug-likeness (QED) is 0.799. The van der Waals surface area contributed by atoms with Gasteiger partial charge in [0.05, 0.1) is 17.8 Å². The van der Waals surface area contributed by atoms with Crippen LogP contribution in [-0.2, 0) is 4.79 Å². The smallest absolute Gasteiger partial charge is 0.231 e. The predicted octanol–water partition coefficient (Wildman–Crippen LogP) is 3.71. The minimum absolute atomic E-state index is 0.0907. The van der Waals surface area contributed by atoms with Crippen molar-refractivity contribution in [3.63, 3.8) is 0 Å².